The number of nitrogens with one attached hydrogen (secondary N) is 1. The monoisotopic (exact) mass is 261 g/mol. The van der Waals surface area contributed by atoms with Gasteiger partial charge in [-0.15, -0.1) is 0 Å². The fourth-order valence-corrected chi connectivity index (χ4v) is 4.14. The van der Waals surface area contributed by atoms with Gasteiger partial charge in [0.1, 0.15) is 0 Å². The van der Waals surface area contributed by atoms with E-state index in [-0.39, 0.29) is 11.6 Å². The Morgan fingerprint density at radius 2 is 2.06 bits per heavy atom. The first-order chi connectivity index (χ1) is 7.93. The summed E-state index contributed by atoms with van der Waals surface area (Å²) in [6.45, 7) is 2.98. The van der Waals surface area contributed by atoms with E-state index in [0.717, 1.165) is 38.5 Å². The average molecular weight is 261 g/mol. The molecule has 6 heteroatoms. The van der Waals surface area contributed by atoms with Gasteiger partial charge >= 0.3 is 0 Å². The molecule has 0 spiro atoms. The summed E-state index contributed by atoms with van der Waals surface area (Å²) in [5.41, 5.74) is 5.73. The zero-order chi connectivity index (χ0) is 12.5. The van der Waals surface area contributed by atoms with Gasteiger partial charge in [0.05, 0.1) is 0 Å². The van der Waals surface area contributed by atoms with Crippen molar-refractivity contribution in [3.63, 3.8) is 0 Å². The highest BCUT2D eigenvalue weighted by Gasteiger charge is 2.36. The fourth-order valence-electron chi connectivity index (χ4n) is 2.55. The summed E-state index contributed by atoms with van der Waals surface area (Å²) in [5.74, 6) is 0. The van der Waals surface area contributed by atoms with Gasteiger partial charge in [0.25, 0.3) is 10.2 Å². The highest BCUT2D eigenvalue weighted by Crippen LogP contribution is 2.28. The highest BCUT2D eigenvalue weighted by molar-refractivity contribution is 7.87. The lowest BCUT2D eigenvalue weighted by Crippen LogP contribution is -2.57. The predicted octanol–water partition coefficient (Wildman–Crippen LogP) is 0.577. The van der Waals surface area contributed by atoms with E-state index in [1.165, 1.54) is 0 Å². The molecule has 5 nitrogen and oxygen atoms in total. The summed E-state index contributed by atoms with van der Waals surface area (Å²) in [6, 6.07) is 0.108. The maximum Gasteiger partial charge on any atom is 0.279 e. The Labute approximate surface area is 104 Å². The van der Waals surface area contributed by atoms with Gasteiger partial charge in [-0.2, -0.15) is 12.7 Å². The topological polar surface area (TPSA) is 75.4 Å². The second kappa shape index (κ2) is 4.84. The zero-order valence-corrected chi connectivity index (χ0v) is 11.3. The van der Waals surface area contributed by atoms with Crippen molar-refractivity contribution in [3.05, 3.63) is 0 Å². The number of nitrogens with two attached hydrogens (primary N) is 1. The molecule has 17 heavy (non-hydrogen) atoms. The molecule has 0 bridgehead atoms. The molecule has 1 aliphatic carbocycles. The molecule has 0 amide bonds. The minimum absolute atomic E-state index is 0.108. The molecule has 0 aromatic rings. The van der Waals surface area contributed by atoms with Crippen LogP contribution in [0.1, 0.15) is 45.4 Å². The van der Waals surface area contributed by atoms with Crippen molar-refractivity contribution in [2.75, 3.05) is 13.1 Å². The van der Waals surface area contributed by atoms with Crippen molar-refractivity contribution < 1.29 is 8.42 Å². The van der Waals surface area contributed by atoms with Gasteiger partial charge in [-0.1, -0.05) is 6.42 Å². The minimum Gasteiger partial charge on any atom is -0.324 e. The van der Waals surface area contributed by atoms with Crippen LogP contribution in [0.2, 0.25) is 0 Å². The number of nitrogens with zero attached hydrogens (tertiary/aromatic N) is 1. The van der Waals surface area contributed by atoms with Crippen LogP contribution in [0.5, 0.6) is 0 Å². The van der Waals surface area contributed by atoms with E-state index >= 15 is 0 Å². The first-order valence-electron chi connectivity index (χ1n) is 6.48. The largest absolute Gasteiger partial charge is 0.324 e. The summed E-state index contributed by atoms with van der Waals surface area (Å²) in [6.07, 6.45) is 5.98. The first kappa shape index (κ1) is 13.3. The molecule has 1 saturated carbocycles. The zero-order valence-electron chi connectivity index (χ0n) is 10.5. The highest BCUT2D eigenvalue weighted by atomic mass is 32.2. The molecule has 0 aromatic heterocycles. The summed E-state index contributed by atoms with van der Waals surface area (Å²) in [5, 5.41) is 0. The summed E-state index contributed by atoms with van der Waals surface area (Å²) >= 11 is 0. The quantitative estimate of drug-likeness (QED) is 0.777. The Balaban J connectivity index is 1.93. The lowest BCUT2D eigenvalue weighted by Gasteiger charge is -2.39. The molecule has 1 atom stereocenters. The van der Waals surface area contributed by atoms with Crippen LogP contribution in [0, 0.1) is 0 Å². The van der Waals surface area contributed by atoms with E-state index in [9.17, 15) is 8.42 Å². The molecular formula is C11H23N3O2S. The van der Waals surface area contributed by atoms with E-state index < -0.39 is 10.2 Å². The van der Waals surface area contributed by atoms with Gasteiger partial charge < -0.3 is 5.73 Å². The molecule has 2 fully saturated rings. The summed E-state index contributed by atoms with van der Waals surface area (Å²) < 4.78 is 28.5. The Kier molecular flexibility index (Phi) is 3.77. The number of hydrogen-bond acceptors (Lipinski definition) is 3. The molecule has 1 aliphatic heterocycles. The molecule has 0 aromatic carbocycles. The average Bonchev–Trinajstić information content (AvgIpc) is 2.24. The minimum atomic E-state index is -3.34. The third-order valence-electron chi connectivity index (χ3n) is 4.01. The smallest absolute Gasteiger partial charge is 0.279 e. The normalized spacial score (nSPS) is 29.9. The van der Waals surface area contributed by atoms with Crippen molar-refractivity contribution in [1.82, 2.24) is 9.03 Å². The van der Waals surface area contributed by atoms with Crippen molar-refractivity contribution in [2.45, 2.75) is 57.0 Å². The van der Waals surface area contributed by atoms with Gasteiger partial charge in [-0.3, -0.25) is 0 Å². The predicted molar refractivity (Wildman–Crippen MR) is 67.7 cm³/mol. The summed E-state index contributed by atoms with van der Waals surface area (Å²) in [4.78, 5) is 0. The number of hydrogen-bond donors (Lipinski definition) is 2. The van der Waals surface area contributed by atoms with Gasteiger partial charge in [-0.05, 0) is 39.0 Å². The Morgan fingerprint density at radius 3 is 2.59 bits per heavy atom. The van der Waals surface area contributed by atoms with Gasteiger partial charge in [0.2, 0.25) is 0 Å². The van der Waals surface area contributed by atoms with Crippen LogP contribution in [0.25, 0.3) is 0 Å². The lowest BCUT2D eigenvalue weighted by molar-refractivity contribution is 0.239. The molecule has 2 aliphatic rings. The maximum atomic E-state index is 12.1. The van der Waals surface area contributed by atoms with Crippen molar-refractivity contribution in [1.29, 1.82) is 0 Å². The van der Waals surface area contributed by atoms with Crippen LogP contribution in [-0.4, -0.2) is 37.4 Å². The van der Waals surface area contributed by atoms with Crippen LogP contribution < -0.4 is 10.5 Å². The van der Waals surface area contributed by atoms with E-state index in [4.69, 9.17) is 5.73 Å². The fraction of sp³-hybridized carbons (Fsp3) is 1.00. The van der Waals surface area contributed by atoms with E-state index in [2.05, 4.69) is 4.72 Å². The van der Waals surface area contributed by atoms with Crippen molar-refractivity contribution in [3.8, 4) is 0 Å². The van der Waals surface area contributed by atoms with E-state index in [1.54, 1.807) is 4.31 Å². The molecule has 2 rings (SSSR count). The maximum absolute atomic E-state index is 12.1. The van der Waals surface area contributed by atoms with Crippen LogP contribution in [-0.2, 0) is 10.2 Å². The van der Waals surface area contributed by atoms with E-state index in [1.807, 2.05) is 6.92 Å². The molecule has 1 unspecified atom stereocenters. The first-order valence-corrected chi connectivity index (χ1v) is 7.92. The van der Waals surface area contributed by atoms with Crippen LogP contribution in [0.4, 0.5) is 0 Å². The van der Waals surface area contributed by atoms with Crippen LogP contribution in [0.3, 0.4) is 0 Å². The SMILES string of the molecule is CC1CCCCN1S(=O)(=O)NCC1(N)CCC1. The number of rotatable bonds is 4. The molecule has 1 heterocycles. The Bertz CT molecular complexity index is 365. The number of piperidine rings is 1. The third kappa shape index (κ3) is 2.99. The molecule has 100 valence electrons. The Hall–Kier alpha value is -0.170. The third-order valence-corrected chi connectivity index (χ3v) is 5.68. The summed E-state index contributed by atoms with van der Waals surface area (Å²) in [7, 11) is -3.34. The second-order valence-electron chi connectivity index (χ2n) is 5.50. The van der Waals surface area contributed by atoms with Gasteiger partial charge in [-0.25, -0.2) is 4.72 Å². The Morgan fingerprint density at radius 1 is 1.35 bits per heavy atom. The van der Waals surface area contributed by atoms with Gasteiger partial charge in [0, 0.05) is 24.7 Å². The van der Waals surface area contributed by atoms with Gasteiger partial charge in [0.15, 0.2) is 0 Å². The van der Waals surface area contributed by atoms with Crippen LogP contribution >= 0.6 is 0 Å². The second-order valence-corrected chi connectivity index (χ2v) is 7.21. The molecule has 3 N–H and O–H groups in total. The molecule has 1 saturated heterocycles. The lowest BCUT2D eigenvalue weighted by atomic mass is 9.78. The molecule has 0 radical (unpaired) electrons. The van der Waals surface area contributed by atoms with Crippen LogP contribution in [0.15, 0.2) is 0 Å². The van der Waals surface area contributed by atoms with Crippen molar-refractivity contribution >= 4 is 10.2 Å². The van der Waals surface area contributed by atoms with E-state index in [0.29, 0.717) is 13.1 Å². The standard InChI is InChI=1S/C11H23N3O2S/c1-10-5-2-3-8-14(10)17(15,16)13-9-11(12)6-4-7-11/h10,13H,2-9,12H2,1H3. The van der Waals surface area contributed by atoms with Crippen molar-refractivity contribution in [2.24, 2.45) is 5.73 Å². The molecular weight excluding hydrogens is 238 g/mol.